The number of nitrogens with one attached hydrogen (secondary N) is 1. The van der Waals surface area contributed by atoms with Gasteiger partial charge in [-0.05, 0) is 23.2 Å². The van der Waals surface area contributed by atoms with Gasteiger partial charge in [-0.1, -0.05) is 17.9 Å². The first-order chi connectivity index (χ1) is 11.9. The van der Waals surface area contributed by atoms with E-state index in [9.17, 15) is 9.00 Å². The zero-order chi connectivity index (χ0) is 17.9. The van der Waals surface area contributed by atoms with Crippen LogP contribution in [0.4, 0.5) is 0 Å². The topological polar surface area (TPSA) is 118 Å². The van der Waals surface area contributed by atoms with Crippen molar-refractivity contribution in [2.45, 2.75) is 17.7 Å². The van der Waals surface area contributed by atoms with E-state index in [1.807, 2.05) is 0 Å². The summed E-state index contributed by atoms with van der Waals surface area (Å²) in [5.41, 5.74) is 1.08. The number of carbonyl (C=O) groups excluding carboxylic acids is 1. The van der Waals surface area contributed by atoms with Gasteiger partial charge in [0.05, 0.1) is 26.7 Å². The Balaban J connectivity index is 1.92. The van der Waals surface area contributed by atoms with Crippen LogP contribution in [0.25, 0.3) is 11.4 Å². The van der Waals surface area contributed by atoms with Crippen molar-refractivity contribution >= 4 is 21.4 Å². The summed E-state index contributed by atoms with van der Waals surface area (Å²) in [6.07, 6.45) is 1.14. The summed E-state index contributed by atoms with van der Waals surface area (Å²) in [4.78, 5) is 13.7. The Hall–Kier alpha value is -2.54. The van der Waals surface area contributed by atoms with E-state index in [4.69, 9.17) is 5.14 Å². The third kappa shape index (κ3) is 4.11. The molecule has 1 aromatic carbocycles. The number of tetrazole rings is 1. The zero-order valence-corrected chi connectivity index (χ0v) is 14.4. The number of H-pyrrole nitrogens is 1. The second-order valence-corrected chi connectivity index (χ2v) is 7.65. The molecule has 25 heavy (non-hydrogen) atoms. The fraction of sp³-hybridized carbons (Fsp3) is 0.312. The molecule has 130 valence electrons. The van der Waals surface area contributed by atoms with Crippen LogP contribution in [-0.2, 0) is 14.5 Å². The molecule has 2 aromatic rings. The van der Waals surface area contributed by atoms with Crippen molar-refractivity contribution in [2.24, 2.45) is 5.14 Å². The quantitative estimate of drug-likeness (QED) is 0.581. The molecule has 0 amide bonds. The number of nitrogens with zero attached hydrogens (tertiary/aromatic N) is 4. The lowest BCUT2D eigenvalue weighted by Crippen LogP contribution is -2.33. The van der Waals surface area contributed by atoms with Crippen LogP contribution < -0.4 is 5.14 Å². The molecule has 0 aliphatic carbocycles. The van der Waals surface area contributed by atoms with Crippen LogP contribution in [0, 0.1) is 11.8 Å². The fourth-order valence-corrected chi connectivity index (χ4v) is 3.48. The van der Waals surface area contributed by atoms with Crippen LogP contribution in [0.2, 0.25) is 0 Å². The third-order valence-corrected chi connectivity index (χ3v) is 4.99. The molecule has 0 saturated carbocycles. The molecule has 1 unspecified atom stereocenters. The van der Waals surface area contributed by atoms with E-state index in [0.717, 1.165) is 13.1 Å². The highest BCUT2D eigenvalue weighted by Crippen LogP contribution is 2.26. The molecule has 9 heteroatoms. The molecule has 1 saturated heterocycles. The van der Waals surface area contributed by atoms with Crippen molar-refractivity contribution in [3.05, 3.63) is 23.8 Å². The molecule has 1 aromatic heterocycles. The van der Waals surface area contributed by atoms with Gasteiger partial charge in [0.2, 0.25) is 5.82 Å². The number of Topliss-reactive ketones (excluding diaryl/α,β-unsaturated/α-hetero) is 1. The minimum Gasteiger partial charge on any atom is -0.300 e. The average Bonchev–Trinajstić information content (AvgIpc) is 3.10. The van der Waals surface area contributed by atoms with Crippen molar-refractivity contribution in [1.29, 1.82) is 0 Å². The van der Waals surface area contributed by atoms with Gasteiger partial charge >= 0.3 is 0 Å². The van der Waals surface area contributed by atoms with Gasteiger partial charge in [-0.25, -0.2) is 4.21 Å². The van der Waals surface area contributed by atoms with Crippen molar-refractivity contribution < 1.29 is 9.00 Å². The first-order valence-corrected chi connectivity index (χ1v) is 9.49. The highest BCUT2D eigenvalue weighted by Gasteiger charge is 2.18. The van der Waals surface area contributed by atoms with Crippen LogP contribution in [-0.4, -0.2) is 61.0 Å². The van der Waals surface area contributed by atoms with Gasteiger partial charge in [0.25, 0.3) is 0 Å². The Morgan fingerprint density at radius 3 is 2.76 bits per heavy atom. The summed E-state index contributed by atoms with van der Waals surface area (Å²) in [6.45, 7) is 1.99. The first-order valence-electron chi connectivity index (χ1n) is 7.70. The van der Waals surface area contributed by atoms with E-state index in [0.29, 0.717) is 41.2 Å². The van der Waals surface area contributed by atoms with Gasteiger partial charge in [0, 0.05) is 31.5 Å². The SMILES string of the molecule is C=S(N)(=O)c1cccc(C#CCN2CCC(=O)CC2)c1-c1nn[nH]n1. The highest BCUT2D eigenvalue weighted by atomic mass is 32.2. The molecule has 8 nitrogen and oxygen atoms in total. The predicted octanol–water partition coefficient (Wildman–Crippen LogP) is -0.168. The van der Waals surface area contributed by atoms with Gasteiger partial charge in [-0.15, -0.1) is 10.2 Å². The Labute approximate surface area is 145 Å². The third-order valence-electron chi connectivity index (χ3n) is 3.91. The highest BCUT2D eigenvalue weighted by molar-refractivity contribution is 7.98. The number of aromatic nitrogens is 4. The maximum absolute atomic E-state index is 12.3. The van der Waals surface area contributed by atoms with Gasteiger partial charge in [0.1, 0.15) is 5.78 Å². The Morgan fingerprint density at radius 2 is 2.12 bits per heavy atom. The maximum Gasteiger partial charge on any atom is 0.207 e. The second kappa shape index (κ2) is 7.14. The van der Waals surface area contributed by atoms with E-state index in [-0.39, 0.29) is 5.82 Å². The number of ketones is 1. The Bertz CT molecular complexity index is 931. The summed E-state index contributed by atoms with van der Waals surface area (Å²) >= 11 is 0. The lowest BCUT2D eigenvalue weighted by Gasteiger charge is -2.23. The monoisotopic (exact) mass is 358 g/mol. The standard InChI is InChI=1S/C16H18N6O2S/c1-25(17,24)14-6-2-4-12(15(14)16-18-20-21-19-16)5-3-9-22-10-7-13(23)8-11-22/h2,4,6H,1,7-11H2,(H2,17,24)(H,18,19,20,21). The molecular weight excluding hydrogens is 340 g/mol. The number of benzene rings is 1. The van der Waals surface area contributed by atoms with Crippen molar-refractivity contribution in [1.82, 2.24) is 25.5 Å². The predicted molar refractivity (Wildman–Crippen MR) is 94.9 cm³/mol. The van der Waals surface area contributed by atoms with E-state index in [2.05, 4.69) is 43.2 Å². The lowest BCUT2D eigenvalue weighted by molar-refractivity contribution is -0.121. The van der Waals surface area contributed by atoms with E-state index in [1.54, 1.807) is 18.2 Å². The summed E-state index contributed by atoms with van der Waals surface area (Å²) in [7, 11) is -2.97. The van der Waals surface area contributed by atoms with Crippen LogP contribution in [0.5, 0.6) is 0 Å². The number of hydrogen-bond acceptors (Lipinski definition) is 6. The summed E-state index contributed by atoms with van der Waals surface area (Å²) in [5, 5.41) is 19.6. The lowest BCUT2D eigenvalue weighted by atomic mass is 10.1. The molecule has 1 aliphatic heterocycles. The summed E-state index contributed by atoms with van der Waals surface area (Å²) in [5.74, 6) is 10.3. The largest absolute Gasteiger partial charge is 0.300 e. The summed E-state index contributed by atoms with van der Waals surface area (Å²) in [6, 6.07) is 5.13. The zero-order valence-electron chi connectivity index (χ0n) is 13.6. The molecule has 3 rings (SSSR count). The summed E-state index contributed by atoms with van der Waals surface area (Å²) < 4.78 is 12.3. The molecular formula is C16H18N6O2S. The van der Waals surface area contributed by atoms with Gasteiger partial charge in [0.15, 0.2) is 0 Å². The number of carbonyl (C=O) groups is 1. The molecule has 1 atom stereocenters. The minimum absolute atomic E-state index is 0.269. The maximum atomic E-state index is 12.3. The molecule has 0 radical (unpaired) electrons. The molecule has 0 bridgehead atoms. The van der Waals surface area contributed by atoms with Crippen LogP contribution in [0.3, 0.4) is 0 Å². The van der Waals surface area contributed by atoms with E-state index < -0.39 is 9.71 Å². The number of rotatable bonds is 3. The van der Waals surface area contributed by atoms with Crippen LogP contribution in [0.1, 0.15) is 18.4 Å². The number of nitrogens with two attached hydrogens (primary N) is 1. The molecule has 1 fully saturated rings. The molecule has 2 heterocycles. The number of piperidine rings is 1. The first kappa shape index (κ1) is 17.3. The minimum atomic E-state index is -2.97. The van der Waals surface area contributed by atoms with Gasteiger partial charge in [-0.3, -0.25) is 14.8 Å². The van der Waals surface area contributed by atoms with Crippen molar-refractivity contribution in [2.75, 3.05) is 19.6 Å². The average molecular weight is 358 g/mol. The van der Waals surface area contributed by atoms with Crippen molar-refractivity contribution in [3.8, 4) is 23.2 Å². The van der Waals surface area contributed by atoms with Gasteiger partial charge in [-0.2, -0.15) is 5.21 Å². The fourth-order valence-electron chi connectivity index (χ4n) is 2.63. The van der Waals surface area contributed by atoms with Crippen LogP contribution in [0.15, 0.2) is 23.1 Å². The molecule has 3 N–H and O–H groups in total. The van der Waals surface area contributed by atoms with Crippen molar-refractivity contribution in [3.63, 3.8) is 0 Å². The van der Waals surface area contributed by atoms with E-state index in [1.165, 1.54) is 0 Å². The number of hydrogen-bond donors (Lipinski definition) is 2. The molecule has 1 aliphatic rings. The Morgan fingerprint density at radius 1 is 1.36 bits per heavy atom. The van der Waals surface area contributed by atoms with E-state index >= 15 is 0 Å². The Kier molecular flexibility index (Phi) is 4.94. The van der Waals surface area contributed by atoms with Crippen LogP contribution >= 0.6 is 0 Å². The second-order valence-electron chi connectivity index (χ2n) is 5.76. The van der Waals surface area contributed by atoms with Gasteiger partial charge < -0.3 is 0 Å². The molecule has 0 spiro atoms. The number of likely N-dealkylation sites (tertiary alicyclic amines) is 1. The number of aromatic amines is 1. The smallest absolute Gasteiger partial charge is 0.207 e. The normalized spacial score (nSPS) is 17.6.